The molecule has 1 heterocycles. The first-order valence-electron chi connectivity index (χ1n) is 7.72. The van der Waals surface area contributed by atoms with E-state index in [1.807, 2.05) is 0 Å². The van der Waals surface area contributed by atoms with Crippen LogP contribution in [0.25, 0.3) is 0 Å². The number of epoxide rings is 1. The monoisotopic (exact) mass is 268 g/mol. The van der Waals surface area contributed by atoms with Crippen molar-refractivity contribution in [1.82, 2.24) is 0 Å². The molecule has 2 heteroatoms. The van der Waals surface area contributed by atoms with E-state index in [1.165, 1.54) is 38.5 Å². The van der Waals surface area contributed by atoms with Crippen LogP contribution in [0.2, 0.25) is 0 Å². The third kappa shape index (κ3) is 2.75. The number of hydrogen-bond donors (Lipinski definition) is 0. The maximum Gasteiger partial charge on any atom is 0.0931 e. The SMILES string of the molecule is CC(CCC1CC1(C)C)SC1CCC2OC2(C)C1. The van der Waals surface area contributed by atoms with E-state index < -0.39 is 0 Å². The topological polar surface area (TPSA) is 12.5 Å². The van der Waals surface area contributed by atoms with E-state index in [2.05, 4.69) is 39.5 Å². The van der Waals surface area contributed by atoms with Crippen molar-refractivity contribution in [3.63, 3.8) is 0 Å². The van der Waals surface area contributed by atoms with Gasteiger partial charge in [0.15, 0.2) is 0 Å². The van der Waals surface area contributed by atoms with Gasteiger partial charge in [0.05, 0.1) is 11.7 Å². The highest BCUT2D eigenvalue weighted by Gasteiger charge is 2.55. The van der Waals surface area contributed by atoms with Crippen LogP contribution in [0.3, 0.4) is 0 Å². The summed E-state index contributed by atoms with van der Waals surface area (Å²) in [7, 11) is 0. The van der Waals surface area contributed by atoms with Crippen molar-refractivity contribution < 1.29 is 4.74 Å². The summed E-state index contributed by atoms with van der Waals surface area (Å²) < 4.78 is 5.80. The third-order valence-electron chi connectivity index (χ3n) is 5.48. The Morgan fingerprint density at radius 3 is 2.56 bits per heavy atom. The summed E-state index contributed by atoms with van der Waals surface area (Å²) >= 11 is 2.24. The van der Waals surface area contributed by atoms with E-state index in [9.17, 15) is 0 Å². The Bertz CT molecular complexity index is 327. The molecule has 0 spiro atoms. The molecule has 2 saturated carbocycles. The number of ether oxygens (including phenoxy) is 1. The van der Waals surface area contributed by atoms with Crippen LogP contribution in [0.1, 0.15) is 66.2 Å². The molecule has 1 aliphatic heterocycles. The van der Waals surface area contributed by atoms with Crippen LogP contribution >= 0.6 is 11.8 Å². The summed E-state index contributed by atoms with van der Waals surface area (Å²) in [5.74, 6) is 1.01. The molecule has 3 aliphatic rings. The molecule has 1 nitrogen and oxygen atoms in total. The molecule has 1 saturated heterocycles. The minimum Gasteiger partial charge on any atom is -0.366 e. The Hall–Kier alpha value is 0.310. The molecule has 0 radical (unpaired) electrons. The molecule has 0 amide bonds. The third-order valence-corrected chi connectivity index (χ3v) is 6.97. The molecule has 5 atom stereocenters. The van der Waals surface area contributed by atoms with Gasteiger partial charge in [0, 0.05) is 10.5 Å². The standard InChI is InChI=1S/C16H28OS/c1-11(5-6-12-9-15(12,2)3)18-13-7-8-14-16(4,10-13)17-14/h11-14H,5-10H2,1-4H3. The molecule has 104 valence electrons. The van der Waals surface area contributed by atoms with Crippen molar-refractivity contribution in [2.45, 2.75) is 88.4 Å². The zero-order chi connectivity index (χ0) is 13.0. The normalized spacial score (nSPS) is 46.3. The Balaban J connectivity index is 1.37. The van der Waals surface area contributed by atoms with Gasteiger partial charge in [-0.05, 0) is 56.8 Å². The molecule has 3 fully saturated rings. The van der Waals surface area contributed by atoms with E-state index in [0.29, 0.717) is 11.5 Å². The first-order valence-corrected chi connectivity index (χ1v) is 8.67. The number of rotatable bonds is 5. The molecule has 0 aromatic carbocycles. The highest BCUT2D eigenvalue weighted by atomic mass is 32.2. The predicted molar refractivity (Wildman–Crippen MR) is 79.1 cm³/mol. The van der Waals surface area contributed by atoms with E-state index in [1.54, 1.807) is 0 Å². The highest BCUT2D eigenvalue weighted by Crippen LogP contribution is 2.55. The molecule has 18 heavy (non-hydrogen) atoms. The van der Waals surface area contributed by atoms with Crippen molar-refractivity contribution in [2.24, 2.45) is 11.3 Å². The molecule has 0 N–H and O–H groups in total. The van der Waals surface area contributed by atoms with Crippen LogP contribution in [0, 0.1) is 11.3 Å². The fourth-order valence-electron chi connectivity index (χ4n) is 3.74. The summed E-state index contributed by atoms with van der Waals surface area (Å²) in [5, 5.41) is 1.70. The molecule has 5 unspecified atom stereocenters. The lowest BCUT2D eigenvalue weighted by Gasteiger charge is -2.25. The molecule has 0 aromatic heterocycles. The van der Waals surface area contributed by atoms with Crippen LogP contribution in [0.4, 0.5) is 0 Å². The summed E-state index contributed by atoms with van der Waals surface area (Å²) in [6, 6.07) is 0. The van der Waals surface area contributed by atoms with Gasteiger partial charge in [-0.1, -0.05) is 20.8 Å². The van der Waals surface area contributed by atoms with Gasteiger partial charge in [0.25, 0.3) is 0 Å². The summed E-state index contributed by atoms with van der Waals surface area (Å²) in [6.07, 6.45) is 8.90. The highest BCUT2D eigenvalue weighted by molar-refractivity contribution is 8.00. The Labute approximate surface area is 116 Å². The summed E-state index contributed by atoms with van der Waals surface area (Å²) in [4.78, 5) is 0. The van der Waals surface area contributed by atoms with E-state index in [0.717, 1.165) is 16.4 Å². The van der Waals surface area contributed by atoms with E-state index in [-0.39, 0.29) is 5.60 Å². The van der Waals surface area contributed by atoms with Crippen LogP contribution in [0.15, 0.2) is 0 Å². The van der Waals surface area contributed by atoms with Gasteiger partial charge >= 0.3 is 0 Å². The van der Waals surface area contributed by atoms with Gasteiger partial charge in [-0.15, -0.1) is 0 Å². The lowest BCUT2D eigenvalue weighted by molar-refractivity contribution is 0.306. The van der Waals surface area contributed by atoms with Crippen LogP contribution < -0.4 is 0 Å². The Kier molecular flexibility index (Phi) is 3.26. The predicted octanol–water partition coefficient (Wildman–Crippen LogP) is 4.64. The second kappa shape index (κ2) is 4.41. The average Bonchev–Trinajstić information content (AvgIpc) is 3.10. The van der Waals surface area contributed by atoms with E-state index in [4.69, 9.17) is 4.74 Å². The fourth-order valence-corrected chi connectivity index (χ4v) is 5.37. The van der Waals surface area contributed by atoms with Gasteiger partial charge in [-0.25, -0.2) is 0 Å². The smallest absolute Gasteiger partial charge is 0.0931 e. The van der Waals surface area contributed by atoms with Crippen LogP contribution in [0.5, 0.6) is 0 Å². The van der Waals surface area contributed by atoms with Gasteiger partial charge < -0.3 is 4.74 Å². The van der Waals surface area contributed by atoms with Gasteiger partial charge in [0.2, 0.25) is 0 Å². The Morgan fingerprint density at radius 1 is 1.22 bits per heavy atom. The fraction of sp³-hybridized carbons (Fsp3) is 1.00. The van der Waals surface area contributed by atoms with Crippen molar-refractivity contribution in [2.75, 3.05) is 0 Å². The molecule has 0 aromatic rings. The largest absolute Gasteiger partial charge is 0.366 e. The summed E-state index contributed by atoms with van der Waals surface area (Å²) in [6.45, 7) is 9.58. The molecule has 2 aliphatic carbocycles. The van der Waals surface area contributed by atoms with Crippen molar-refractivity contribution >= 4 is 11.8 Å². The first kappa shape index (κ1) is 13.3. The lowest BCUT2D eigenvalue weighted by atomic mass is 9.90. The first-order chi connectivity index (χ1) is 8.39. The second-order valence-electron chi connectivity index (χ2n) is 7.74. The van der Waals surface area contributed by atoms with Crippen LogP contribution in [-0.4, -0.2) is 22.2 Å². The number of hydrogen-bond acceptors (Lipinski definition) is 2. The van der Waals surface area contributed by atoms with Crippen molar-refractivity contribution in [1.29, 1.82) is 0 Å². The van der Waals surface area contributed by atoms with Crippen molar-refractivity contribution in [3.05, 3.63) is 0 Å². The number of fused-ring (bicyclic) bond motifs is 1. The Morgan fingerprint density at radius 2 is 1.94 bits per heavy atom. The molecule has 3 rings (SSSR count). The van der Waals surface area contributed by atoms with E-state index >= 15 is 0 Å². The maximum atomic E-state index is 5.80. The zero-order valence-corrected chi connectivity index (χ0v) is 13.2. The molecular formula is C16H28OS. The average molecular weight is 268 g/mol. The molecular weight excluding hydrogens is 240 g/mol. The minimum absolute atomic E-state index is 0.272. The molecule has 0 bridgehead atoms. The lowest BCUT2D eigenvalue weighted by Crippen LogP contribution is -2.25. The van der Waals surface area contributed by atoms with Gasteiger partial charge in [-0.3, -0.25) is 0 Å². The van der Waals surface area contributed by atoms with Gasteiger partial charge in [0.1, 0.15) is 0 Å². The second-order valence-corrected chi connectivity index (χ2v) is 9.48. The number of thioether (sulfide) groups is 1. The van der Waals surface area contributed by atoms with Crippen molar-refractivity contribution in [3.8, 4) is 0 Å². The zero-order valence-electron chi connectivity index (χ0n) is 12.4. The minimum atomic E-state index is 0.272. The van der Waals surface area contributed by atoms with Crippen LogP contribution in [-0.2, 0) is 4.74 Å². The summed E-state index contributed by atoms with van der Waals surface area (Å²) in [5.41, 5.74) is 0.936. The van der Waals surface area contributed by atoms with Gasteiger partial charge in [-0.2, -0.15) is 11.8 Å². The quantitative estimate of drug-likeness (QED) is 0.673. The maximum absolute atomic E-state index is 5.80.